The van der Waals surface area contributed by atoms with E-state index in [1.54, 1.807) is 36.4 Å². The quantitative estimate of drug-likeness (QED) is 0.641. The molecule has 3 rings (SSSR count). The molecular weight excluding hydrogens is 390 g/mol. The van der Waals surface area contributed by atoms with Crippen LogP contribution < -0.4 is 5.32 Å². The van der Waals surface area contributed by atoms with E-state index >= 15 is 0 Å². The van der Waals surface area contributed by atoms with Crippen LogP contribution in [0.3, 0.4) is 0 Å². The standard InChI is InChI=1S/C22H23NO3S2/c1-15-6-10-19(11-7-15)28(25,26)21(20-5-4-12-27-20)14-23-22(24)18-9-8-16(2)17(3)13-18/h4-13,21H,14H2,1-3H3,(H,23,24). The molecule has 1 heterocycles. The predicted octanol–water partition coefficient (Wildman–Crippen LogP) is 4.62. The molecule has 1 aromatic heterocycles. The second-order valence-electron chi connectivity index (χ2n) is 6.87. The molecule has 2 aromatic carbocycles. The van der Waals surface area contributed by atoms with Crippen LogP contribution in [-0.4, -0.2) is 20.9 Å². The lowest BCUT2D eigenvalue weighted by molar-refractivity contribution is 0.0953. The number of hydrogen-bond donors (Lipinski definition) is 1. The molecule has 6 heteroatoms. The molecule has 0 aliphatic heterocycles. The first kappa shape index (κ1) is 20.3. The highest BCUT2D eigenvalue weighted by atomic mass is 32.2. The molecule has 0 aliphatic carbocycles. The van der Waals surface area contributed by atoms with Gasteiger partial charge in [-0.1, -0.05) is 29.8 Å². The molecule has 3 aromatic rings. The third-order valence-electron chi connectivity index (χ3n) is 4.80. The monoisotopic (exact) mass is 413 g/mol. The van der Waals surface area contributed by atoms with Gasteiger partial charge in [-0.2, -0.15) is 0 Å². The van der Waals surface area contributed by atoms with Crippen LogP contribution in [0.1, 0.15) is 37.2 Å². The minimum atomic E-state index is -3.64. The molecule has 0 bridgehead atoms. The maximum Gasteiger partial charge on any atom is 0.251 e. The van der Waals surface area contributed by atoms with Crippen molar-refractivity contribution in [2.75, 3.05) is 6.54 Å². The Kier molecular flexibility index (Phi) is 6.01. The van der Waals surface area contributed by atoms with Crippen LogP contribution in [0, 0.1) is 20.8 Å². The number of rotatable bonds is 6. The Morgan fingerprint density at radius 1 is 1.00 bits per heavy atom. The summed E-state index contributed by atoms with van der Waals surface area (Å²) in [4.78, 5) is 13.6. The van der Waals surface area contributed by atoms with Gasteiger partial charge in [0.25, 0.3) is 5.91 Å². The van der Waals surface area contributed by atoms with Gasteiger partial charge in [-0.05, 0) is 67.6 Å². The zero-order chi connectivity index (χ0) is 20.3. The highest BCUT2D eigenvalue weighted by molar-refractivity contribution is 7.91. The Balaban J connectivity index is 1.86. The van der Waals surface area contributed by atoms with Crippen LogP contribution in [0.5, 0.6) is 0 Å². The fourth-order valence-electron chi connectivity index (χ4n) is 2.90. The van der Waals surface area contributed by atoms with Crippen molar-refractivity contribution < 1.29 is 13.2 Å². The van der Waals surface area contributed by atoms with Gasteiger partial charge < -0.3 is 5.32 Å². The van der Waals surface area contributed by atoms with E-state index in [0.717, 1.165) is 16.7 Å². The summed E-state index contributed by atoms with van der Waals surface area (Å²) in [6.07, 6.45) is 0. The van der Waals surface area contributed by atoms with Crippen LogP contribution in [0.2, 0.25) is 0 Å². The lowest BCUT2D eigenvalue weighted by Gasteiger charge is -2.18. The molecule has 0 fully saturated rings. The molecule has 4 nitrogen and oxygen atoms in total. The summed E-state index contributed by atoms with van der Waals surface area (Å²) in [7, 11) is -3.64. The average molecular weight is 414 g/mol. The molecule has 1 N–H and O–H groups in total. The molecule has 1 unspecified atom stereocenters. The topological polar surface area (TPSA) is 63.2 Å². The Hall–Kier alpha value is -2.44. The van der Waals surface area contributed by atoms with Gasteiger partial charge in [-0.15, -0.1) is 11.3 Å². The van der Waals surface area contributed by atoms with Crippen molar-refractivity contribution in [3.8, 4) is 0 Å². The van der Waals surface area contributed by atoms with Crippen molar-refractivity contribution in [3.05, 3.63) is 87.1 Å². The number of carbonyl (C=O) groups excluding carboxylic acids is 1. The SMILES string of the molecule is Cc1ccc(S(=O)(=O)C(CNC(=O)c2ccc(C)c(C)c2)c2cccs2)cc1. The maximum absolute atomic E-state index is 13.2. The van der Waals surface area contributed by atoms with Gasteiger partial charge in [0.05, 0.1) is 4.90 Å². The Labute approximate surface area is 170 Å². The highest BCUT2D eigenvalue weighted by Crippen LogP contribution is 2.31. The molecule has 146 valence electrons. The van der Waals surface area contributed by atoms with Crippen LogP contribution >= 0.6 is 11.3 Å². The number of sulfone groups is 1. The Bertz CT molecular complexity index is 1070. The summed E-state index contributed by atoms with van der Waals surface area (Å²) in [5.41, 5.74) is 3.65. The molecule has 0 saturated heterocycles. The number of carbonyl (C=O) groups is 1. The highest BCUT2D eigenvalue weighted by Gasteiger charge is 2.30. The fourth-order valence-corrected chi connectivity index (χ4v) is 5.68. The second kappa shape index (κ2) is 8.29. The van der Waals surface area contributed by atoms with Crippen LogP contribution in [0.15, 0.2) is 64.9 Å². The van der Waals surface area contributed by atoms with Gasteiger partial charge in [0.1, 0.15) is 5.25 Å². The van der Waals surface area contributed by atoms with Gasteiger partial charge in [0.2, 0.25) is 0 Å². The number of nitrogens with one attached hydrogen (secondary N) is 1. The normalized spacial score (nSPS) is 12.5. The molecule has 1 atom stereocenters. The largest absolute Gasteiger partial charge is 0.350 e. The molecule has 0 radical (unpaired) electrons. The lowest BCUT2D eigenvalue weighted by atomic mass is 10.1. The fraction of sp³-hybridized carbons (Fsp3) is 0.227. The number of hydrogen-bond acceptors (Lipinski definition) is 4. The average Bonchev–Trinajstić information content (AvgIpc) is 3.18. The van der Waals surface area contributed by atoms with Crippen molar-refractivity contribution in [2.45, 2.75) is 30.9 Å². The number of amides is 1. The van der Waals surface area contributed by atoms with Crippen molar-refractivity contribution >= 4 is 27.1 Å². The summed E-state index contributed by atoms with van der Waals surface area (Å²) >= 11 is 1.38. The van der Waals surface area contributed by atoms with Crippen molar-refractivity contribution in [3.63, 3.8) is 0 Å². The zero-order valence-corrected chi connectivity index (χ0v) is 17.7. The van der Waals surface area contributed by atoms with Gasteiger partial charge in [0.15, 0.2) is 9.84 Å². The van der Waals surface area contributed by atoms with Crippen molar-refractivity contribution in [1.29, 1.82) is 0 Å². The summed E-state index contributed by atoms with van der Waals surface area (Å²) in [6.45, 7) is 5.86. The van der Waals surface area contributed by atoms with E-state index in [1.165, 1.54) is 11.3 Å². The Morgan fingerprint density at radius 3 is 2.32 bits per heavy atom. The molecule has 1 amide bonds. The summed E-state index contributed by atoms with van der Waals surface area (Å²) in [6, 6.07) is 15.9. The van der Waals surface area contributed by atoms with E-state index in [1.807, 2.05) is 44.4 Å². The van der Waals surface area contributed by atoms with Gasteiger partial charge in [-0.3, -0.25) is 4.79 Å². The maximum atomic E-state index is 13.2. The minimum Gasteiger partial charge on any atom is -0.350 e. The number of thiophene rings is 1. The van der Waals surface area contributed by atoms with Gasteiger partial charge in [-0.25, -0.2) is 8.42 Å². The van der Waals surface area contributed by atoms with Crippen molar-refractivity contribution in [1.82, 2.24) is 5.32 Å². The summed E-state index contributed by atoms with van der Waals surface area (Å²) in [5.74, 6) is -0.274. The smallest absolute Gasteiger partial charge is 0.251 e. The van der Waals surface area contributed by atoms with E-state index in [-0.39, 0.29) is 17.3 Å². The van der Waals surface area contributed by atoms with Crippen molar-refractivity contribution in [2.24, 2.45) is 0 Å². The van der Waals surface area contributed by atoms with Gasteiger partial charge in [0, 0.05) is 17.0 Å². The molecule has 0 saturated carbocycles. The van der Waals surface area contributed by atoms with Gasteiger partial charge >= 0.3 is 0 Å². The third-order valence-corrected chi connectivity index (χ3v) is 8.04. The first-order valence-corrected chi connectivity index (χ1v) is 11.4. The second-order valence-corrected chi connectivity index (χ2v) is 9.98. The van der Waals surface area contributed by atoms with E-state index in [9.17, 15) is 13.2 Å². The van der Waals surface area contributed by atoms with E-state index in [0.29, 0.717) is 10.4 Å². The minimum absolute atomic E-state index is 0.0163. The van der Waals surface area contributed by atoms with Crippen LogP contribution in [0.4, 0.5) is 0 Å². The predicted molar refractivity (Wildman–Crippen MR) is 114 cm³/mol. The Morgan fingerprint density at radius 2 is 1.71 bits per heavy atom. The van der Waals surface area contributed by atoms with E-state index in [2.05, 4.69) is 5.32 Å². The van der Waals surface area contributed by atoms with Crippen LogP contribution in [-0.2, 0) is 9.84 Å². The third kappa shape index (κ3) is 4.34. The molecular formula is C22H23NO3S2. The molecule has 0 aliphatic rings. The molecule has 28 heavy (non-hydrogen) atoms. The summed E-state index contributed by atoms with van der Waals surface area (Å²) < 4.78 is 26.5. The molecule has 0 spiro atoms. The lowest BCUT2D eigenvalue weighted by Crippen LogP contribution is -2.31. The van der Waals surface area contributed by atoms with Crippen LogP contribution in [0.25, 0.3) is 0 Å². The number of aryl methyl sites for hydroxylation is 3. The zero-order valence-electron chi connectivity index (χ0n) is 16.1. The first-order valence-electron chi connectivity index (χ1n) is 8.98. The van der Waals surface area contributed by atoms with E-state index in [4.69, 9.17) is 0 Å². The number of benzene rings is 2. The summed E-state index contributed by atoms with van der Waals surface area (Å²) in [5, 5.41) is 3.83. The van der Waals surface area contributed by atoms with E-state index < -0.39 is 15.1 Å². The first-order chi connectivity index (χ1) is 13.3.